The van der Waals surface area contributed by atoms with Crippen molar-refractivity contribution < 1.29 is 15.0 Å². The highest BCUT2D eigenvalue weighted by Gasteiger charge is 2.29. The van der Waals surface area contributed by atoms with E-state index in [9.17, 15) is 24.6 Å². The summed E-state index contributed by atoms with van der Waals surface area (Å²) in [4.78, 5) is 34.3. The number of rotatable bonds is 5. The minimum atomic E-state index is -1.36. The summed E-state index contributed by atoms with van der Waals surface area (Å²) in [6.07, 6.45) is 1.80. The maximum absolute atomic E-state index is 12.0. The van der Waals surface area contributed by atoms with E-state index in [1.165, 1.54) is 14.1 Å². The zero-order valence-corrected chi connectivity index (χ0v) is 12.3. The van der Waals surface area contributed by atoms with Crippen LogP contribution in [0, 0.1) is 0 Å². The molecule has 1 aromatic heterocycles. The van der Waals surface area contributed by atoms with E-state index in [-0.39, 0.29) is 11.3 Å². The van der Waals surface area contributed by atoms with E-state index in [4.69, 9.17) is 5.73 Å². The van der Waals surface area contributed by atoms with Gasteiger partial charge in [-0.3, -0.25) is 13.9 Å². The second kappa shape index (κ2) is 6.14. The number of aromatic hydroxyl groups is 1. The van der Waals surface area contributed by atoms with E-state index in [1.54, 1.807) is 6.26 Å². The van der Waals surface area contributed by atoms with E-state index in [0.29, 0.717) is 5.75 Å². The molecule has 0 aromatic carbocycles. The molecule has 0 saturated heterocycles. The fourth-order valence-corrected chi connectivity index (χ4v) is 3.33. The smallest absolute Gasteiger partial charge is 0.333 e. The van der Waals surface area contributed by atoms with Crippen molar-refractivity contribution in [1.29, 1.82) is 0 Å². The molecule has 112 valence electrons. The molecule has 0 spiro atoms. The molecule has 0 saturated carbocycles. The van der Waals surface area contributed by atoms with Gasteiger partial charge in [-0.05, 0) is 0 Å². The topological polar surface area (TPSA) is 130 Å². The van der Waals surface area contributed by atoms with Crippen LogP contribution in [-0.4, -0.2) is 38.3 Å². The fraction of sp³-hybridized carbons (Fsp3) is 0.545. The summed E-state index contributed by atoms with van der Waals surface area (Å²) in [5, 5.41) is 20.5. The number of aliphatic carboxylic acids is 1. The minimum Gasteiger partial charge on any atom is -0.548 e. The molecular formula is C11H17N3O5S. The Morgan fingerprint density at radius 1 is 1.40 bits per heavy atom. The van der Waals surface area contributed by atoms with Crippen LogP contribution < -0.4 is 22.1 Å². The van der Waals surface area contributed by atoms with Gasteiger partial charge in [-0.25, -0.2) is 4.79 Å². The third-order valence-corrected chi connectivity index (χ3v) is 4.88. The largest absolute Gasteiger partial charge is 0.548 e. The van der Waals surface area contributed by atoms with Crippen LogP contribution >= 0.6 is 0 Å². The number of carboxylic acids is 1. The Morgan fingerprint density at radius 2 is 1.95 bits per heavy atom. The Bertz CT molecular complexity index is 636. The zero-order chi connectivity index (χ0) is 15.6. The van der Waals surface area contributed by atoms with Gasteiger partial charge in [0.05, 0.1) is 5.97 Å². The molecule has 1 aromatic rings. The van der Waals surface area contributed by atoms with E-state index in [1.807, 2.05) is 0 Å². The van der Waals surface area contributed by atoms with Gasteiger partial charge >= 0.3 is 11.2 Å². The first-order chi connectivity index (χ1) is 9.18. The lowest BCUT2D eigenvalue weighted by Gasteiger charge is -2.13. The van der Waals surface area contributed by atoms with Crippen molar-refractivity contribution in [1.82, 2.24) is 9.13 Å². The highest BCUT2D eigenvalue weighted by molar-refractivity contribution is 7.96. The van der Waals surface area contributed by atoms with Crippen LogP contribution in [0.15, 0.2) is 14.5 Å². The molecule has 20 heavy (non-hydrogen) atoms. The van der Waals surface area contributed by atoms with Crippen LogP contribution in [0.2, 0.25) is 0 Å². The molecule has 9 heteroatoms. The lowest BCUT2D eigenvalue weighted by Crippen LogP contribution is -2.43. The Hall–Kier alpha value is -1.74. The summed E-state index contributed by atoms with van der Waals surface area (Å²) < 4.78 is 1.87. The standard InChI is InChI=1S/C11H17N3O5S/c1-13-8(15)7(9(16)14(2)11(13)19)20(3)5-4-6(12)10(17)18/h6H,4-5,12H2,1-3H3,(H-,15,16,17,18)/t6-,20?/m0/s1. The maximum Gasteiger partial charge on any atom is 0.333 e. The van der Waals surface area contributed by atoms with Crippen molar-refractivity contribution in [3.05, 3.63) is 20.8 Å². The number of carboxylic acid groups (broad SMARTS) is 1. The summed E-state index contributed by atoms with van der Waals surface area (Å²) in [6, 6.07) is -1.12. The first-order valence-electron chi connectivity index (χ1n) is 5.76. The van der Waals surface area contributed by atoms with Crippen molar-refractivity contribution in [3.8, 4) is 5.88 Å². The summed E-state index contributed by atoms with van der Waals surface area (Å²) in [5.74, 6) is -1.46. The molecule has 1 unspecified atom stereocenters. The zero-order valence-electron chi connectivity index (χ0n) is 11.5. The third kappa shape index (κ3) is 3.05. The lowest BCUT2D eigenvalue weighted by molar-refractivity contribution is -0.307. The third-order valence-electron chi connectivity index (χ3n) is 2.98. The molecule has 0 aliphatic carbocycles. The molecule has 8 nitrogen and oxygen atoms in total. The normalized spacial score (nSPS) is 14.0. The molecule has 1 rings (SSSR count). The monoisotopic (exact) mass is 303 g/mol. The summed E-state index contributed by atoms with van der Waals surface area (Å²) in [5.41, 5.74) is 4.13. The van der Waals surface area contributed by atoms with Crippen LogP contribution in [0.1, 0.15) is 6.42 Å². The van der Waals surface area contributed by atoms with Crippen molar-refractivity contribution >= 4 is 16.9 Å². The van der Waals surface area contributed by atoms with Crippen LogP contribution in [0.3, 0.4) is 0 Å². The van der Waals surface area contributed by atoms with Crippen molar-refractivity contribution in [2.24, 2.45) is 19.8 Å². The molecule has 2 atom stereocenters. The molecule has 3 N–H and O–H groups in total. The average molecular weight is 303 g/mol. The van der Waals surface area contributed by atoms with Gasteiger partial charge in [-0.2, -0.15) is 0 Å². The number of hydrogen-bond acceptors (Lipinski definition) is 6. The predicted molar refractivity (Wildman–Crippen MR) is 72.6 cm³/mol. The molecule has 0 aliphatic rings. The molecule has 0 radical (unpaired) electrons. The van der Waals surface area contributed by atoms with Gasteiger partial charge in [0.15, 0.2) is 0 Å². The van der Waals surface area contributed by atoms with Crippen LogP contribution in [-0.2, 0) is 29.8 Å². The summed E-state index contributed by atoms with van der Waals surface area (Å²) >= 11 is 0. The van der Waals surface area contributed by atoms with Crippen LogP contribution in [0.5, 0.6) is 5.88 Å². The fourth-order valence-electron chi connectivity index (χ4n) is 1.63. The lowest BCUT2D eigenvalue weighted by atomic mass is 10.2. The van der Waals surface area contributed by atoms with Crippen LogP contribution in [0.25, 0.3) is 0 Å². The Balaban J connectivity index is 3.12. The van der Waals surface area contributed by atoms with Crippen molar-refractivity contribution in [2.75, 3.05) is 12.0 Å². The predicted octanol–water partition coefficient (Wildman–Crippen LogP) is -3.14. The second-order valence-corrected chi connectivity index (χ2v) is 6.50. The van der Waals surface area contributed by atoms with Gasteiger partial charge in [-0.15, -0.1) is 0 Å². The number of aromatic nitrogens is 2. The molecular weight excluding hydrogens is 286 g/mol. The number of carbonyl (C=O) groups is 1. The van der Waals surface area contributed by atoms with Gasteiger partial charge in [0.1, 0.15) is 12.0 Å². The molecule has 0 aliphatic heterocycles. The number of nitrogens with two attached hydrogens (primary N) is 1. The van der Waals surface area contributed by atoms with E-state index in [0.717, 1.165) is 9.13 Å². The Kier molecular flexibility index (Phi) is 5.01. The number of carbonyl (C=O) groups excluding carboxylic acids is 1. The molecule has 1 heterocycles. The van der Waals surface area contributed by atoms with Crippen molar-refractivity contribution in [2.45, 2.75) is 17.4 Å². The highest BCUT2D eigenvalue weighted by atomic mass is 32.2. The SMILES string of the molecule is Cn1c(O)c([S+](C)CC[C@H](N)C(=O)[O-])c(=O)n(C)c1=O. The minimum absolute atomic E-state index is 0.0974. The summed E-state index contributed by atoms with van der Waals surface area (Å²) in [6.45, 7) is 0. The van der Waals surface area contributed by atoms with Gasteiger partial charge in [0.25, 0.3) is 10.8 Å². The number of hydrogen-bond donors (Lipinski definition) is 2. The quantitative estimate of drug-likeness (QED) is 0.553. The van der Waals surface area contributed by atoms with Crippen molar-refractivity contribution in [3.63, 3.8) is 0 Å². The van der Waals surface area contributed by atoms with E-state index >= 15 is 0 Å². The Labute approximate surface area is 117 Å². The molecule has 0 fully saturated rings. The summed E-state index contributed by atoms with van der Waals surface area (Å²) in [7, 11) is 1.93. The van der Waals surface area contributed by atoms with E-state index < -0.39 is 40.0 Å². The van der Waals surface area contributed by atoms with Crippen LogP contribution in [0.4, 0.5) is 0 Å². The number of nitrogens with zero attached hydrogens (tertiary/aromatic N) is 2. The van der Waals surface area contributed by atoms with Gasteiger partial charge in [0, 0.05) is 37.5 Å². The highest BCUT2D eigenvalue weighted by Crippen LogP contribution is 2.18. The molecule has 0 bridgehead atoms. The van der Waals surface area contributed by atoms with Gasteiger partial charge in [0.2, 0.25) is 0 Å². The first-order valence-corrected chi connectivity index (χ1v) is 7.56. The maximum atomic E-state index is 12.0. The average Bonchev–Trinajstić information content (AvgIpc) is 2.40. The Morgan fingerprint density at radius 3 is 2.45 bits per heavy atom. The van der Waals surface area contributed by atoms with E-state index in [2.05, 4.69) is 0 Å². The first kappa shape index (κ1) is 16.3. The van der Waals surface area contributed by atoms with Gasteiger partial charge in [-0.1, -0.05) is 0 Å². The molecule has 0 amide bonds. The second-order valence-electron chi connectivity index (χ2n) is 4.41. The van der Waals surface area contributed by atoms with Gasteiger partial charge < -0.3 is 20.7 Å².